The Morgan fingerprint density at radius 1 is 1.40 bits per heavy atom. The van der Waals surface area contributed by atoms with E-state index in [1.165, 1.54) is 0 Å². The van der Waals surface area contributed by atoms with Gasteiger partial charge in [0.15, 0.2) is 0 Å². The third-order valence-corrected chi connectivity index (χ3v) is 3.13. The summed E-state index contributed by atoms with van der Waals surface area (Å²) in [6, 6.07) is 9.61. The molecule has 0 amide bonds. The fourth-order valence-electron chi connectivity index (χ4n) is 1.96. The summed E-state index contributed by atoms with van der Waals surface area (Å²) >= 11 is 0. The van der Waals surface area contributed by atoms with Gasteiger partial charge in [0.05, 0.1) is 18.1 Å². The SMILES string of the molecule is CC(C)CCN(CCC(=O)O)Cc1cccc(C#N)c1. The molecule has 20 heavy (non-hydrogen) atoms. The third kappa shape index (κ3) is 6.35. The van der Waals surface area contributed by atoms with E-state index in [0.717, 1.165) is 18.5 Å². The number of nitrogens with zero attached hydrogens (tertiary/aromatic N) is 2. The fraction of sp³-hybridized carbons (Fsp3) is 0.500. The molecule has 0 unspecified atom stereocenters. The van der Waals surface area contributed by atoms with Crippen LogP contribution in [0.25, 0.3) is 0 Å². The van der Waals surface area contributed by atoms with Crippen LogP contribution in [0, 0.1) is 17.2 Å². The van der Waals surface area contributed by atoms with Gasteiger partial charge >= 0.3 is 5.97 Å². The maximum atomic E-state index is 10.7. The summed E-state index contributed by atoms with van der Waals surface area (Å²) in [4.78, 5) is 12.9. The van der Waals surface area contributed by atoms with Crippen molar-refractivity contribution in [2.24, 2.45) is 5.92 Å². The van der Waals surface area contributed by atoms with Crippen molar-refractivity contribution in [3.63, 3.8) is 0 Å². The number of hydrogen-bond donors (Lipinski definition) is 1. The standard InChI is InChI=1S/C16H22N2O2/c1-13(2)6-8-18(9-7-16(19)20)12-15-5-3-4-14(10-15)11-17/h3-5,10,13H,6-9,12H2,1-2H3,(H,19,20). The number of carboxylic acid groups (broad SMARTS) is 1. The Morgan fingerprint density at radius 3 is 2.75 bits per heavy atom. The van der Waals surface area contributed by atoms with Gasteiger partial charge in [-0.3, -0.25) is 9.69 Å². The summed E-state index contributed by atoms with van der Waals surface area (Å²) in [6.45, 7) is 6.42. The number of carbonyl (C=O) groups is 1. The molecule has 108 valence electrons. The molecule has 4 heteroatoms. The van der Waals surface area contributed by atoms with Gasteiger partial charge in [-0.1, -0.05) is 26.0 Å². The van der Waals surface area contributed by atoms with Crippen LogP contribution >= 0.6 is 0 Å². The fourth-order valence-corrected chi connectivity index (χ4v) is 1.96. The average molecular weight is 274 g/mol. The van der Waals surface area contributed by atoms with Crippen molar-refractivity contribution in [3.05, 3.63) is 35.4 Å². The maximum absolute atomic E-state index is 10.7. The average Bonchev–Trinajstić information content (AvgIpc) is 2.41. The van der Waals surface area contributed by atoms with Crippen molar-refractivity contribution in [1.29, 1.82) is 5.26 Å². The normalized spacial score (nSPS) is 10.8. The summed E-state index contributed by atoms with van der Waals surface area (Å²) < 4.78 is 0. The van der Waals surface area contributed by atoms with Gasteiger partial charge in [0, 0.05) is 13.1 Å². The molecule has 4 nitrogen and oxygen atoms in total. The number of rotatable bonds is 8. The lowest BCUT2D eigenvalue weighted by Crippen LogP contribution is -2.28. The lowest BCUT2D eigenvalue weighted by Gasteiger charge is -2.22. The second-order valence-corrected chi connectivity index (χ2v) is 5.41. The molecule has 0 atom stereocenters. The van der Waals surface area contributed by atoms with Gasteiger partial charge < -0.3 is 5.11 Å². The number of aliphatic carboxylic acids is 1. The molecule has 0 bridgehead atoms. The summed E-state index contributed by atoms with van der Waals surface area (Å²) in [5.41, 5.74) is 1.70. The predicted octanol–water partition coefficient (Wildman–Crippen LogP) is 2.88. The topological polar surface area (TPSA) is 64.3 Å². The molecule has 0 fully saturated rings. The van der Waals surface area contributed by atoms with E-state index in [9.17, 15) is 4.79 Å². The largest absolute Gasteiger partial charge is 0.481 e. The molecule has 0 aromatic heterocycles. The first kappa shape index (κ1) is 16.2. The monoisotopic (exact) mass is 274 g/mol. The molecule has 0 aliphatic rings. The van der Waals surface area contributed by atoms with E-state index in [1.54, 1.807) is 6.07 Å². The van der Waals surface area contributed by atoms with E-state index in [4.69, 9.17) is 10.4 Å². The molecular weight excluding hydrogens is 252 g/mol. The first-order valence-corrected chi connectivity index (χ1v) is 6.94. The first-order valence-electron chi connectivity index (χ1n) is 6.94. The van der Waals surface area contributed by atoms with Crippen molar-refractivity contribution >= 4 is 5.97 Å². The molecule has 0 spiro atoms. The quantitative estimate of drug-likeness (QED) is 0.791. The lowest BCUT2D eigenvalue weighted by molar-refractivity contribution is -0.137. The summed E-state index contributed by atoms with van der Waals surface area (Å²) in [6.07, 6.45) is 1.19. The smallest absolute Gasteiger partial charge is 0.304 e. The summed E-state index contributed by atoms with van der Waals surface area (Å²) in [5, 5.41) is 17.7. The van der Waals surface area contributed by atoms with E-state index in [2.05, 4.69) is 24.8 Å². The van der Waals surface area contributed by atoms with E-state index in [0.29, 0.717) is 24.6 Å². The van der Waals surface area contributed by atoms with Gasteiger partial charge in [-0.25, -0.2) is 0 Å². The lowest BCUT2D eigenvalue weighted by atomic mass is 10.1. The summed E-state index contributed by atoms with van der Waals surface area (Å²) in [7, 11) is 0. The van der Waals surface area contributed by atoms with Crippen LogP contribution in [-0.4, -0.2) is 29.1 Å². The van der Waals surface area contributed by atoms with Crippen LogP contribution in [0.3, 0.4) is 0 Å². The Labute approximate surface area is 120 Å². The molecule has 1 aromatic rings. The van der Waals surface area contributed by atoms with Crippen molar-refractivity contribution in [1.82, 2.24) is 4.90 Å². The van der Waals surface area contributed by atoms with E-state index < -0.39 is 5.97 Å². The Balaban J connectivity index is 2.66. The highest BCUT2D eigenvalue weighted by molar-refractivity contribution is 5.66. The molecule has 0 saturated heterocycles. The molecule has 0 aliphatic carbocycles. The highest BCUT2D eigenvalue weighted by Crippen LogP contribution is 2.10. The zero-order valence-corrected chi connectivity index (χ0v) is 12.2. The van der Waals surface area contributed by atoms with Gasteiger partial charge in [0.1, 0.15) is 0 Å². The van der Waals surface area contributed by atoms with Crippen LogP contribution < -0.4 is 0 Å². The molecular formula is C16H22N2O2. The van der Waals surface area contributed by atoms with Crippen LogP contribution in [0.1, 0.15) is 37.8 Å². The first-order chi connectivity index (χ1) is 9.51. The molecule has 1 N–H and O–H groups in total. The highest BCUT2D eigenvalue weighted by atomic mass is 16.4. The second kappa shape index (κ2) is 8.34. The molecule has 0 saturated carbocycles. The Kier molecular flexibility index (Phi) is 6.75. The number of nitriles is 1. The molecule has 0 radical (unpaired) electrons. The Bertz CT molecular complexity index is 478. The minimum atomic E-state index is -0.773. The minimum Gasteiger partial charge on any atom is -0.481 e. The molecule has 1 aromatic carbocycles. The van der Waals surface area contributed by atoms with Crippen molar-refractivity contribution in [2.75, 3.05) is 13.1 Å². The zero-order valence-electron chi connectivity index (χ0n) is 12.2. The maximum Gasteiger partial charge on any atom is 0.304 e. The Hall–Kier alpha value is -1.86. The van der Waals surface area contributed by atoms with Gasteiger partial charge in [-0.05, 0) is 36.6 Å². The molecule has 1 rings (SSSR count). The summed E-state index contributed by atoms with van der Waals surface area (Å²) in [5.74, 6) is -0.182. The van der Waals surface area contributed by atoms with Crippen LogP contribution in [0.5, 0.6) is 0 Å². The van der Waals surface area contributed by atoms with Crippen LogP contribution in [0.2, 0.25) is 0 Å². The van der Waals surface area contributed by atoms with Gasteiger partial charge in [0.25, 0.3) is 0 Å². The molecule has 0 aliphatic heterocycles. The van der Waals surface area contributed by atoms with Crippen LogP contribution in [0.15, 0.2) is 24.3 Å². The van der Waals surface area contributed by atoms with Crippen molar-refractivity contribution in [3.8, 4) is 6.07 Å². The highest BCUT2D eigenvalue weighted by Gasteiger charge is 2.09. The third-order valence-electron chi connectivity index (χ3n) is 3.13. The predicted molar refractivity (Wildman–Crippen MR) is 78.1 cm³/mol. The van der Waals surface area contributed by atoms with E-state index >= 15 is 0 Å². The van der Waals surface area contributed by atoms with Crippen LogP contribution in [-0.2, 0) is 11.3 Å². The van der Waals surface area contributed by atoms with Gasteiger partial charge in [0.2, 0.25) is 0 Å². The van der Waals surface area contributed by atoms with Crippen molar-refractivity contribution < 1.29 is 9.90 Å². The second-order valence-electron chi connectivity index (χ2n) is 5.41. The minimum absolute atomic E-state index is 0.149. The van der Waals surface area contributed by atoms with E-state index in [1.807, 2.05) is 18.2 Å². The van der Waals surface area contributed by atoms with Gasteiger partial charge in [-0.2, -0.15) is 5.26 Å². The van der Waals surface area contributed by atoms with Crippen LogP contribution in [0.4, 0.5) is 0 Å². The van der Waals surface area contributed by atoms with Crippen molar-refractivity contribution in [2.45, 2.75) is 33.2 Å². The Morgan fingerprint density at radius 2 is 2.15 bits per heavy atom. The molecule has 0 heterocycles. The number of carboxylic acids is 1. The zero-order chi connectivity index (χ0) is 15.0. The number of hydrogen-bond acceptors (Lipinski definition) is 3. The van der Waals surface area contributed by atoms with E-state index in [-0.39, 0.29) is 6.42 Å². The van der Waals surface area contributed by atoms with Gasteiger partial charge in [-0.15, -0.1) is 0 Å². The number of benzene rings is 1.